The second-order valence-corrected chi connectivity index (χ2v) is 7.00. The van der Waals surface area contributed by atoms with E-state index in [4.69, 9.17) is 0 Å². The SMILES string of the molecule is CCC(=O)Nc1cccc(C(O)=C(C(=O)c2ccccc2)c2nc3ccccc3[nH]2)c1. The maximum Gasteiger partial charge on any atom is 0.224 e. The summed E-state index contributed by atoms with van der Waals surface area (Å²) in [4.78, 5) is 32.8. The van der Waals surface area contributed by atoms with Crippen molar-refractivity contribution in [3.63, 3.8) is 0 Å². The molecule has 0 radical (unpaired) electrons. The highest BCUT2D eigenvalue weighted by atomic mass is 16.3. The first-order valence-corrected chi connectivity index (χ1v) is 9.95. The Balaban J connectivity index is 1.87. The molecule has 31 heavy (non-hydrogen) atoms. The van der Waals surface area contributed by atoms with E-state index in [0.717, 1.165) is 5.52 Å². The molecule has 1 aromatic heterocycles. The largest absolute Gasteiger partial charge is 0.506 e. The molecule has 0 unspecified atom stereocenters. The average molecular weight is 411 g/mol. The Morgan fingerprint density at radius 1 is 0.935 bits per heavy atom. The minimum atomic E-state index is -0.361. The highest BCUT2D eigenvalue weighted by Gasteiger charge is 2.23. The molecule has 0 saturated heterocycles. The van der Waals surface area contributed by atoms with Crippen molar-refractivity contribution in [2.45, 2.75) is 13.3 Å². The molecule has 0 spiro atoms. The fourth-order valence-corrected chi connectivity index (χ4v) is 3.27. The minimum absolute atomic E-state index is 0.0568. The fraction of sp³-hybridized carbons (Fsp3) is 0.0800. The van der Waals surface area contributed by atoms with Crippen LogP contribution in [-0.4, -0.2) is 26.8 Å². The number of allylic oxidation sites excluding steroid dienone is 1. The fourth-order valence-electron chi connectivity index (χ4n) is 3.27. The van der Waals surface area contributed by atoms with Gasteiger partial charge in [-0.25, -0.2) is 4.98 Å². The van der Waals surface area contributed by atoms with Crippen molar-refractivity contribution < 1.29 is 14.7 Å². The van der Waals surface area contributed by atoms with Crippen LogP contribution in [0.3, 0.4) is 0 Å². The first kappa shape index (κ1) is 20.1. The van der Waals surface area contributed by atoms with Crippen LogP contribution in [0.15, 0.2) is 78.9 Å². The number of fused-ring (bicyclic) bond motifs is 1. The van der Waals surface area contributed by atoms with Gasteiger partial charge in [-0.3, -0.25) is 9.59 Å². The van der Waals surface area contributed by atoms with Crippen molar-refractivity contribution in [1.82, 2.24) is 9.97 Å². The number of aromatic nitrogens is 2. The molecule has 1 amide bonds. The van der Waals surface area contributed by atoms with E-state index in [-0.39, 0.29) is 28.8 Å². The van der Waals surface area contributed by atoms with Gasteiger partial charge in [0, 0.05) is 23.2 Å². The number of aliphatic hydroxyl groups excluding tert-OH is 1. The number of imidazole rings is 1. The molecule has 0 aliphatic rings. The number of anilines is 1. The summed E-state index contributed by atoms with van der Waals surface area (Å²) in [6, 6.07) is 22.9. The number of hydrogen-bond acceptors (Lipinski definition) is 4. The maximum atomic E-state index is 13.4. The number of rotatable bonds is 6. The van der Waals surface area contributed by atoms with Crippen molar-refractivity contribution in [2.75, 3.05) is 5.32 Å². The maximum absolute atomic E-state index is 13.4. The summed E-state index contributed by atoms with van der Waals surface area (Å²) in [6.45, 7) is 1.76. The van der Waals surface area contributed by atoms with Crippen LogP contribution in [0, 0.1) is 0 Å². The van der Waals surface area contributed by atoms with Crippen molar-refractivity contribution in [3.05, 3.63) is 95.8 Å². The zero-order valence-corrected chi connectivity index (χ0v) is 16.9. The summed E-state index contributed by atoms with van der Waals surface area (Å²) in [6.07, 6.45) is 0.336. The van der Waals surface area contributed by atoms with Gasteiger partial charge >= 0.3 is 0 Å². The summed E-state index contributed by atoms with van der Waals surface area (Å²) < 4.78 is 0. The number of aliphatic hydroxyl groups is 1. The van der Waals surface area contributed by atoms with Crippen LogP contribution in [0.5, 0.6) is 0 Å². The molecule has 4 rings (SSSR count). The van der Waals surface area contributed by atoms with E-state index in [2.05, 4.69) is 15.3 Å². The standard InChI is InChI=1S/C25H21N3O3/c1-2-21(29)26-18-12-8-11-17(15-18)24(31)22(23(30)16-9-4-3-5-10-16)25-27-19-13-6-7-14-20(19)28-25/h3-15,31H,2H2,1H3,(H,26,29)(H,27,28). The molecule has 1 heterocycles. The molecule has 0 atom stereocenters. The molecule has 6 heteroatoms. The number of nitrogens with zero attached hydrogens (tertiary/aromatic N) is 1. The third kappa shape index (κ3) is 4.23. The first-order valence-electron chi connectivity index (χ1n) is 9.95. The van der Waals surface area contributed by atoms with Crippen LogP contribution >= 0.6 is 0 Å². The monoisotopic (exact) mass is 411 g/mol. The summed E-state index contributed by atoms with van der Waals surface area (Å²) >= 11 is 0. The zero-order chi connectivity index (χ0) is 21.8. The topological polar surface area (TPSA) is 95.1 Å². The summed E-state index contributed by atoms with van der Waals surface area (Å²) in [5.74, 6) is -0.449. The molecule has 154 valence electrons. The second kappa shape index (κ2) is 8.67. The molecule has 0 fully saturated rings. The number of ketones is 1. The van der Waals surface area contributed by atoms with Crippen LogP contribution in [0.2, 0.25) is 0 Å². The van der Waals surface area contributed by atoms with Gasteiger partial charge in [0.05, 0.1) is 11.0 Å². The first-order chi connectivity index (χ1) is 15.1. The number of benzene rings is 3. The van der Waals surface area contributed by atoms with E-state index < -0.39 is 0 Å². The highest BCUT2D eigenvalue weighted by molar-refractivity contribution is 6.33. The number of amides is 1. The number of carbonyl (C=O) groups excluding carboxylic acids is 2. The van der Waals surface area contributed by atoms with E-state index >= 15 is 0 Å². The van der Waals surface area contributed by atoms with E-state index in [9.17, 15) is 14.7 Å². The molecule has 0 bridgehead atoms. The van der Waals surface area contributed by atoms with E-state index in [0.29, 0.717) is 28.8 Å². The lowest BCUT2D eigenvalue weighted by molar-refractivity contribution is -0.115. The van der Waals surface area contributed by atoms with Gasteiger partial charge in [-0.15, -0.1) is 0 Å². The number of Topliss-reactive ketones (excluding diaryl/α,β-unsaturated/α-hetero) is 1. The molecule has 4 aromatic rings. The van der Waals surface area contributed by atoms with Gasteiger partial charge in [0.1, 0.15) is 17.2 Å². The van der Waals surface area contributed by atoms with Crippen molar-refractivity contribution in [3.8, 4) is 0 Å². The molecule has 3 aromatic carbocycles. The number of nitrogens with one attached hydrogen (secondary N) is 2. The van der Waals surface area contributed by atoms with Crippen LogP contribution in [0.25, 0.3) is 22.4 Å². The predicted octanol–water partition coefficient (Wildman–Crippen LogP) is 5.22. The number of carbonyl (C=O) groups is 2. The predicted molar refractivity (Wildman–Crippen MR) is 122 cm³/mol. The zero-order valence-electron chi connectivity index (χ0n) is 16.9. The third-order valence-corrected chi connectivity index (χ3v) is 4.87. The van der Waals surface area contributed by atoms with Crippen LogP contribution in [0.4, 0.5) is 5.69 Å². The Morgan fingerprint density at radius 2 is 1.65 bits per heavy atom. The molecular formula is C25H21N3O3. The molecular weight excluding hydrogens is 390 g/mol. The van der Waals surface area contributed by atoms with Crippen molar-refractivity contribution in [2.24, 2.45) is 0 Å². The Hall–Kier alpha value is -4.19. The quantitative estimate of drug-likeness (QED) is 0.230. The Labute approximate surface area is 179 Å². The molecule has 3 N–H and O–H groups in total. The highest BCUT2D eigenvalue weighted by Crippen LogP contribution is 2.29. The van der Waals surface area contributed by atoms with Gasteiger partial charge in [-0.1, -0.05) is 61.5 Å². The van der Waals surface area contributed by atoms with Gasteiger partial charge in [-0.2, -0.15) is 0 Å². The summed E-state index contributed by atoms with van der Waals surface area (Å²) in [7, 11) is 0. The number of H-pyrrole nitrogens is 1. The molecule has 0 aliphatic heterocycles. The van der Waals surface area contributed by atoms with Crippen LogP contribution in [-0.2, 0) is 4.79 Å². The smallest absolute Gasteiger partial charge is 0.224 e. The van der Waals surface area contributed by atoms with E-state index in [1.807, 2.05) is 30.3 Å². The normalized spacial score (nSPS) is 11.8. The number of hydrogen-bond donors (Lipinski definition) is 3. The van der Waals surface area contributed by atoms with Crippen LogP contribution in [0.1, 0.15) is 35.1 Å². The average Bonchev–Trinajstić information content (AvgIpc) is 3.23. The van der Waals surface area contributed by atoms with Gasteiger partial charge < -0.3 is 15.4 Å². The van der Waals surface area contributed by atoms with E-state index in [1.54, 1.807) is 55.5 Å². The Kier molecular flexibility index (Phi) is 5.62. The Bertz CT molecular complexity index is 1260. The van der Waals surface area contributed by atoms with Gasteiger partial charge in [0.2, 0.25) is 11.7 Å². The van der Waals surface area contributed by atoms with Crippen LogP contribution < -0.4 is 5.32 Å². The van der Waals surface area contributed by atoms with E-state index in [1.165, 1.54) is 0 Å². The number of aromatic amines is 1. The van der Waals surface area contributed by atoms with Gasteiger partial charge in [0.15, 0.2) is 0 Å². The lowest BCUT2D eigenvalue weighted by atomic mass is 9.98. The Morgan fingerprint density at radius 3 is 2.39 bits per heavy atom. The molecule has 6 nitrogen and oxygen atoms in total. The minimum Gasteiger partial charge on any atom is -0.506 e. The summed E-state index contributed by atoms with van der Waals surface area (Å²) in [5.41, 5.74) is 2.86. The van der Waals surface area contributed by atoms with Gasteiger partial charge in [0.25, 0.3) is 0 Å². The second-order valence-electron chi connectivity index (χ2n) is 7.00. The van der Waals surface area contributed by atoms with Crippen molar-refractivity contribution in [1.29, 1.82) is 0 Å². The molecule has 0 saturated carbocycles. The summed E-state index contributed by atoms with van der Waals surface area (Å²) in [5, 5.41) is 14.0. The third-order valence-electron chi connectivity index (χ3n) is 4.87. The number of para-hydroxylation sites is 2. The van der Waals surface area contributed by atoms with Gasteiger partial charge in [-0.05, 0) is 24.3 Å². The lowest BCUT2D eigenvalue weighted by Gasteiger charge is -2.11. The lowest BCUT2D eigenvalue weighted by Crippen LogP contribution is -2.10. The van der Waals surface area contributed by atoms with Crippen molar-refractivity contribution >= 4 is 39.7 Å². The molecule has 0 aliphatic carbocycles.